The molecule has 0 unspecified atom stereocenters. The van der Waals surface area contributed by atoms with Crippen LogP contribution >= 0.6 is 0 Å². The molecule has 1 amide bonds. The summed E-state index contributed by atoms with van der Waals surface area (Å²) in [5, 5.41) is 2.68. The highest BCUT2D eigenvalue weighted by molar-refractivity contribution is 5.92. The highest BCUT2D eigenvalue weighted by atomic mass is 16.5. The van der Waals surface area contributed by atoms with E-state index >= 15 is 0 Å². The van der Waals surface area contributed by atoms with E-state index in [0.29, 0.717) is 18.0 Å². The number of hydrogen-bond donors (Lipinski definition) is 1. The van der Waals surface area contributed by atoms with E-state index in [2.05, 4.69) is 5.32 Å². The van der Waals surface area contributed by atoms with Gasteiger partial charge < -0.3 is 14.8 Å². The second kappa shape index (κ2) is 6.58. The van der Waals surface area contributed by atoms with Gasteiger partial charge in [0.1, 0.15) is 11.5 Å². The van der Waals surface area contributed by atoms with Crippen LogP contribution in [-0.2, 0) is 4.79 Å². The molecule has 0 atom stereocenters. The van der Waals surface area contributed by atoms with E-state index in [1.165, 1.54) is 6.08 Å². The molecule has 0 saturated carbocycles. The molecule has 0 spiro atoms. The monoisotopic (exact) mass is 235 g/mol. The van der Waals surface area contributed by atoms with Crippen molar-refractivity contribution in [2.75, 3.05) is 20.8 Å². The van der Waals surface area contributed by atoms with Gasteiger partial charge in [0, 0.05) is 12.6 Å². The summed E-state index contributed by atoms with van der Waals surface area (Å²) in [6.07, 6.45) is 3.15. The molecule has 0 heterocycles. The van der Waals surface area contributed by atoms with Crippen LogP contribution in [-0.4, -0.2) is 26.7 Å². The van der Waals surface area contributed by atoms with E-state index < -0.39 is 0 Å². The number of nitrogens with one attached hydrogen (secondary N) is 1. The van der Waals surface area contributed by atoms with E-state index in [1.54, 1.807) is 20.3 Å². The molecule has 0 saturated heterocycles. The van der Waals surface area contributed by atoms with Crippen LogP contribution in [0.1, 0.15) is 12.5 Å². The van der Waals surface area contributed by atoms with Crippen LogP contribution in [0.3, 0.4) is 0 Å². The van der Waals surface area contributed by atoms with Gasteiger partial charge in [0.2, 0.25) is 5.91 Å². The lowest BCUT2D eigenvalue weighted by Crippen LogP contribution is -2.19. The molecule has 92 valence electrons. The maximum absolute atomic E-state index is 11.3. The largest absolute Gasteiger partial charge is 0.496 e. The topological polar surface area (TPSA) is 47.6 Å². The minimum absolute atomic E-state index is 0.138. The number of carbonyl (C=O) groups excluding carboxylic acids is 1. The maximum Gasteiger partial charge on any atom is 0.243 e. The van der Waals surface area contributed by atoms with E-state index in [-0.39, 0.29) is 5.91 Å². The predicted molar refractivity (Wildman–Crippen MR) is 67.3 cm³/mol. The van der Waals surface area contributed by atoms with E-state index in [1.807, 2.05) is 25.1 Å². The fraction of sp³-hybridized carbons (Fsp3) is 0.308. The van der Waals surface area contributed by atoms with E-state index in [4.69, 9.17) is 9.47 Å². The van der Waals surface area contributed by atoms with Gasteiger partial charge in [-0.1, -0.05) is 6.07 Å². The highest BCUT2D eigenvalue weighted by Crippen LogP contribution is 2.29. The van der Waals surface area contributed by atoms with Crippen molar-refractivity contribution in [1.82, 2.24) is 5.32 Å². The molecular formula is C13H17NO3. The molecule has 0 aliphatic heterocycles. The molecule has 1 rings (SSSR count). The van der Waals surface area contributed by atoms with Gasteiger partial charge in [0.25, 0.3) is 0 Å². The molecule has 1 N–H and O–H groups in total. The van der Waals surface area contributed by atoms with Gasteiger partial charge in [-0.25, -0.2) is 0 Å². The van der Waals surface area contributed by atoms with Crippen molar-refractivity contribution in [1.29, 1.82) is 0 Å². The van der Waals surface area contributed by atoms with E-state index in [9.17, 15) is 4.79 Å². The quantitative estimate of drug-likeness (QED) is 0.792. The fourth-order valence-electron chi connectivity index (χ4n) is 1.44. The SMILES string of the molecule is CCNC(=O)/C=C/c1c(OC)cccc1OC. The minimum atomic E-state index is -0.138. The smallest absolute Gasteiger partial charge is 0.243 e. The second-order valence-electron chi connectivity index (χ2n) is 3.30. The lowest BCUT2D eigenvalue weighted by Gasteiger charge is -2.09. The third-order valence-corrected chi connectivity index (χ3v) is 2.22. The number of likely N-dealkylation sites (N-methyl/N-ethyl adjacent to an activating group) is 1. The Morgan fingerprint density at radius 2 is 1.88 bits per heavy atom. The van der Waals surface area contributed by atoms with E-state index in [0.717, 1.165) is 5.56 Å². The van der Waals surface area contributed by atoms with Crippen molar-refractivity contribution in [2.45, 2.75) is 6.92 Å². The van der Waals surface area contributed by atoms with Gasteiger partial charge in [-0.3, -0.25) is 4.79 Å². The third kappa shape index (κ3) is 3.52. The Hall–Kier alpha value is -1.97. The Bertz CT molecular complexity index is 391. The number of benzene rings is 1. The van der Waals surface area contributed by atoms with Crippen LogP contribution < -0.4 is 14.8 Å². The van der Waals surface area contributed by atoms with Crippen molar-refractivity contribution in [2.24, 2.45) is 0 Å². The molecule has 0 bridgehead atoms. The summed E-state index contributed by atoms with van der Waals surface area (Å²) in [4.78, 5) is 11.3. The number of carbonyl (C=O) groups is 1. The highest BCUT2D eigenvalue weighted by Gasteiger charge is 2.06. The normalized spacial score (nSPS) is 10.3. The lowest BCUT2D eigenvalue weighted by molar-refractivity contribution is -0.116. The summed E-state index contributed by atoms with van der Waals surface area (Å²) in [5.41, 5.74) is 0.753. The van der Waals surface area contributed by atoms with Crippen LogP contribution in [0.25, 0.3) is 6.08 Å². The summed E-state index contributed by atoms with van der Waals surface area (Å²) in [5.74, 6) is 1.20. The number of ether oxygens (including phenoxy) is 2. The first-order valence-corrected chi connectivity index (χ1v) is 5.39. The molecule has 4 nitrogen and oxygen atoms in total. The van der Waals surface area contributed by atoms with Crippen molar-refractivity contribution in [3.05, 3.63) is 29.8 Å². The Balaban J connectivity index is 2.99. The van der Waals surface area contributed by atoms with Crippen molar-refractivity contribution in [3.63, 3.8) is 0 Å². The van der Waals surface area contributed by atoms with Gasteiger partial charge in [0.15, 0.2) is 0 Å². The zero-order valence-electron chi connectivity index (χ0n) is 10.3. The van der Waals surface area contributed by atoms with Crippen molar-refractivity contribution < 1.29 is 14.3 Å². The second-order valence-corrected chi connectivity index (χ2v) is 3.30. The predicted octanol–water partition coefficient (Wildman–Crippen LogP) is 1.85. The summed E-state index contributed by atoms with van der Waals surface area (Å²) < 4.78 is 10.4. The summed E-state index contributed by atoms with van der Waals surface area (Å²) in [6.45, 7) is 2.47. The molecule has 17 heavy (non-hydrogen) atoms. The molecule has 0 radical (unpaired) electrons. The Labute approximate surface area is 101 Å². The molecule has 0 aromatic heterocycles. The van der Waals surface area contributed by atoms with Crippen LogP contribution in [0, 0.1) is 0 Å². The van der Waals surface area contributed by atoms with Crippen LogP contribution in [0.4, 0.5) is 0 Å². The third-order valence-electron chi connectivity index (χ3n) is 2.22. The maximum atomic E-state index is 11.3. The molecule has 1 aromatic carbocycles. The molecule has 1 aromatic rings. The fourth-order valence-corrected chi connectivity index (χ4v) is 1.44. The van der Waals surface area contributed by atoms with Crippen LogP contribution in [0.2, 0.25) is 0 Å². The number of methoxy groups -OCH3 is 2. The van der Waals surface area contributed by atoms with Gasteiger partial charge in [-0.05, 0) is 25.1 Å². The van der Waals surface area contributed by atoms with Gasteiger partial charge in [-0.2, -0.15) is 0 Å². The first-order chi connectivity index (χ1) is 8.22. The standard InChI is InChI=1S/C13H17NO3/c1-4-14-13(15)9-8-10-11(16-2)6-5-7-12(10)17-3/h5-9H,4H2,1-3H3,(H,14,15)/b9-8+. The summed E-state index contributed by atoms with van der Waals surface area (Å²) >= 11 is 0. The van der Waals surface area contributed by atoms with Crippen molar-refractivity contribution >= 4 is 12.0 Å². The van der Waals surface area contributed by atoms with Gasteiger partial charge >= 0.3 is 0 Å². The Morgan fingerprint density at radius 3 is 2.35 bits per heavy atom. The average molecular weight is 235 g/mol. The van der Waals surface area contributed by atoms with Crippen molar-refractivity contribution in [3.8, 4) is 11.5 Å². The summed E-state index contributed by atoms with van der Waals surface area (Å²) in [6, 6.07) is 5.47. The van der Waals surface area contributed by atoms with Crippen LogP contribution in [0.5, 0.6) is 11.5 Å². The minimum Gasteiger partial charge on any atom is -0.496 e. The van der Waals surface area contributed by atoms with Crippen LogP contribution in [0.15, 0.2) is 24.3 Å². The first-order valence-electron chi connectivity index (χ1n) is 5.39. The van der Waals surface area contributed by atoms with Gasteiger partial charge in [-0.15, -0.1) is 0 Å². The molecule has 0 aliphatic carbocycles. The van der Waals surface area contributed by atoms with Gasteiger partial charge in [0.05, 0.1) is 19.8 Å². The Kier molecular flexibility index (Phi) is 5.07. The molecule has 4 heteroatoms. The number of hydrogen-bond acceptors (Lipinski definition) is 3. The first kappa shape index (κ1) is 13.1. The summed E-state index contributed by atoms with van der Waals surface area (Å²) in [7, 11) is 3.16. The molecule has 0 aliphatic rings. The lowest BCUT2D eigenvalue weighted by atomic mass is 10.1. The number of amides is 1. The average Bonchev–Trinajstić information content (AvgIpc) is 2.36. The molecular weight excluding hydrogens is 218 g/mol. The Morgan fingerprint density at radius 1 is 1.29 bits per heavy atom. The number of rotatable bonds is 5. The zero-order valence-corrected chi connectivity index (χ0v) is 10.3. The molecule has 0 fully saturated rings. The zero-order chi connectivity index (χ0) is 12.7.